The molecule has 3 rings (SSSR count). The summed E-state index contributed by atoms with van der Waals surface area (Å²) in [6.07, 6.45) is 3.41. The Morgan fingerprint density at radius 3 is 2.62 bits per heavy atom. The van der Waals surface area contributed by atoms with Gasteiger partial charge in [0.2, 0.25) is 0 Å². The van der Waals surface area contributed by atoms with E-state index in [0.29, 0.717) is 5.96 Å². The van der Waals surface area contributed by atoms with Crippen molar-refractivity contribution in [3.05, 3.63) is 34.9 Å². The number of benzene rings is 1. The molecule has 0 radical (unpaired) electrons. The van der Waals surface area contributed by atoms with E-state index in [-0.39, 0.29) is 5.41 Å². The second-order valence-corrected chi connectivity index (χ2v) is 7.16. The first-order valence-electron chi connectivity index (χ1n) is 8.78. The highest BCUT2D eigenvalue weighted by molar-refractivity contribution is 6.30. The van der Waals surface area contributed by atoms with E-state index in [1.807, 2.05) is 12.1 Å². The molecule has 1 heterocycles. The maximum atomic E-state index is 6.01. The number of rotatable bonds is 7. The van der Waals surface area contributed by atoms with E-state index in [0.717, 1.165) is 57.4 Å². The van der Waals surface area contributed by atoms with Gasteiger partial charge in [0.25, 0.3) is 0 Å². The third-order valence-corrected chi connectivity index (χ3v) is 5.18. The van der Waals surface area contributed by atoms with Crippen LogP contribution in [0.25, 0.3) is 0 Å². The Morgan fingerprint density at radius 1 is 1.25 bits per heavy atom. The monoisotopic (exact) mass is 350 g/mol. The molecule has 0 amide bonds. The molecule has 1 aromatic rings. The molecule has 3 N–H and O–H groups in total. The lowest BCUT2D eigenvalue weighted by Gasteiger charge is -2.26. The second-order valence-electron chi connectivity index (χ2n) is 6.72. The molecule has 132 valence electrons. The van der Waals surface area contributed by atoms with Crippen LogP contribution in [-0.2, 0) is 10.2 Å². The van der Waals surface area contributed by atoms with Crippen molar-refractivity contribution in [2.24, 2.45) is 10.7 Å². The molecule has 6 heteroatoms. The number of hydrogen-bond donors (Lipinski definition) is 2. The number of nitrogens with zero attached hydrogens (tertiary/aromatic N) is 2. The van der Waals surface area contributed by atoms with Gasteiger partial charge in [-0.1, -0.05) is 23.7 Å². The Balaban J connectivity index is 1.39. The van der Waals surface area contributed by atoms with Gasteiger partial charge in [0.05, 0.1) is 19.8 Å². The number of morpholine rings is 1. The summed E-state index contributed by atoms with van der Waals surface area (Å²) in [6, 6.07) is 8.12. The Labute approximate surface area is 149 Å². The van der Waals surface area contributed by atoms with E-state index in [1.54, 1.807) is 0 Å². The van der Waals surface area contributed by atoms with Crippen molar-refractivity contribution in [2.75, 3.05) is 45.9 Å². The zero-order valence-electron chi connectivity index (χ0n) is 14.1. The van der Waals surface area contributed by atoms with Crippen molar-refractivity contribution in [1.82, 2.24) is 10.2 Å². The number of hydrogen-bond acceptors (Lipinski definition) is 3. The number of nitrogens with two attached hydrogens (primary N) is 1. The minimum atomic E-state index is 0.171. The van der Waals surface area contributed by atoms with Gasteiger partial charge >= 0.3 is 0 Å². The van der Waals surface area contributed by atoms with Crippen LogP contribution in [0.5, 0.6) is 0 Å². The number of halogens is 1. The van der Waals surface area contributed by atoms with E-state index in [2.05, 4.69) is 27.3 Å². The average molecular weight is 351 g/mol. The molecule has 1 saturated carbocycles. The lowest BCUT2D eigenvalue weighted by atomic mass is 9.96. The van der Waals surface area contributed by atoms with Gasteiger partial charge in [-0.15, -0.1) is 0 Å². The van der Waals surface area contributed by atoms with Crippen LogP contribution in [-0.4, -0.2) is 56.8 Å². The van der Waals surface area contributed by atoms with Crippen molar-refractivity contribution in [1.29, 1.82) is 0 Å². The molecule has 5 nitrogen and oxygen atoms in total. The highest BCUT2D eigenvalue weighted by atomic mass is 35.5. The lowest BCUT2D eigenvalue weighted by molar-refractivity contribution is 0.0376. The van der Waals surface area contributed by atoms with Gasteiger partial charge in [-0.2, -0.15) is 0 Å². The van der Waals surface area contributed by atoms with Gasteiger partial charge in [-0.05, 0) is 43.5 Å². The molecule has 2 fully saturated rings. The van der Waals surface area contributed by atoms with Crippen molar-refractivity contribution < 1.29 is 4.74 Å². The summed E-state index contributed by atoms with van der Waals surface area (Å²) in [4.78, 5) is 6.99. The molecule has 0 spiro atoms. The average Bonchev–Trinajstić information content (AvgIpc) is 3.40. The number of nitrogens with one attached hydrogen (secondary N) is 1. The third kappa shape index (κ3) is 4.85. The fourth-order valence-electron chi connectivity index (χ4n) is 3.13. The fourth-order valence-corrected chi connectivity index (χ4v) is 3.25. The molecule has 2 aliphatic rings. The minimum absolute atomic E-state index is 0.171. The van der Waals surface area contributed by atoms with E-state index in [4.69, 9.17) is 22.1 Å². The lowest BCUT2D eigenvalue weighted by Crippen LogP contribution is -2.39. The smallest absolute Gasteiger partial charge is 0.188 e. The zero-order valence-corrected chi connectivity index (χ0v) is 14.9. The summed E-state index contributed by atoms with van der Waals surface area (Å²) in [7, 11) is 0. The van der Waals surface area contributed by atoms with Crippen molar-refractivity contribution in [2.45, 2.75) is 24.7 Å². The summed E-state index contributed by atoms with van der Waals surface area (Å²) in [6.45, 7) is 6.46. The van der Waals surface area contributed by atoms with E-state index < -0.39 is 0 Å². The van der Waals surface area contributed by atoms with Crippen LogP contribution < -0.4 is 11.1 Å². The summed E-state index contributed by atoms with van der Waals surface area (Å²) in [5.41, 5.74) is 7.50. The molecule has 1 aromatic carbocycles. The number of ether oxygens (including phenoxy) is 1. The summed E-state index contributed by atoms with van der Waals surface area (Å²) < 4.78 is 5.35. The van der Waals surface area contributed by atoms with E-state index in [1.165, 1.54) is 18.4 Å². The largest absolute Gasteiger partial charge is 0.379 e. The van der Waals surface area contributed by atoms with Gasteiger partial charge in [0, 0.05) is 30.1 Å². The quantitative estimate of drug-likeness (QED) is 0.448. The number of aliphatic imine (C=N–C) groups is 1. The molecule has 1 aliphatic carbocycles. The summed E-state index contributed by atoms with van der Waals surface area (Å²) in [5.74, 6) is 0.553. The zero-order chi connectivity index (χ0) is 16.8. The van der Waals surface area contributed by atoms with Crippen LogP contribution in [0.3, 0.4) is 0 Å². The molecule has 1 saturated heterocycles. The van der Waals surface area contributed by atoms with E-state index >= 15 is 0 Å². The molecule has 0 atom stereocenters. The molecule has 24 heavy (non-hydrogen) atoms. The molecule has 0 bridgehead atoms. The molecular formula is C18H27ClN4O. The maximum Gasteiger partial charge on any atom is 0.188 e. The van der Waals surface area contributed by atoms with Crippen LogP contribution in [0.4, 0.5) is 0 Å². The van der Waals surface area contributed by atoms with Gasteiger partial charge in [0.15, 0.2) is 5.96 Å². The first-order chi connectivity index (χ1) is 11.7. The maximum absolute atomic E-state index is 6.01. The van der Waals surface area contributed by atoms with Gasteiger partial charge in [0.1, 0.15) is 0 Å². The Kier molecular flexibility index (Phi) is 5.98. The van der Waals surface area contributed by atoms with Crippen LogP contribution in [0.15, 0.2) is 29.3 Å². The minimum Gasteiger partial charge on any atom is -0.379 e. The molecular weight excluding hydrogens is 324 g/mol. The molecule has 1 aliphatic heterocycles. The van der Waals surface area contributed by atoms with Crippen LogP contribution >= 0.6 is 11.6 Å². The van der Waals surface area contributed by atoms with Crippen molar-refractivity contribution >= 4 is 17.6 Å². The normalized spacial score (nSPS) is 20.8. The van der Waals surface area contributed by atoms with Gasteiger partial charge < -0.3 is 15.8 Å². The topological polar surface area (TPSA) is 62.9 Å². The Bertz CT molecular complexity index is 551. The highest BCUT2D eigenvalue weighted by Crippen LogP contribution is 2.48. The van der Waals surface area contributed by atoms with Gasteiger partial charge in [-0.3, -0.25) is 9.89 Å². The predicted octanol–water partition coefficient (Wildman–Crippen LogP) is 2.00. The third-order valence-electron chi connectivity index (χ3n) is 4.92. The molecule has 0 unspecified atom stereocenters. The van der Waals surface area contributed by atoms with E-state index in [9.17, 15) is 0 Å². The predicted molar refractivity (Wildman–Crippen MR) is 98.7 cm³/mol. The SMILES string of the molecule is NC(=NCC1(c2ccc(Cl)cc2)CC1)NCCCN1CCOCC1. The summed E-state index contributed by atoms with van der Waals surface area (Å²) >= 11 is 5.97. The fraction of sp³-hybridized carbons (Fsp3) is 0.611. The van der Waals surface area contributed by atoms with Crippen LogP contribution in [0.2, 0.25) is 5.02 Å². The number of guanidine groups is 1. The first-order valence-corrected chi connectivity index (χ1v) is 9.16. The summed E-state index contributed by atoms with van der Waals surface area (Å²) in [5, 5.41) is 4.01. The molecule has 0 aromatic heterocycles. The van der Waals surface area contributed by atoms with Crippen molar-refractivity contribution in [3.63, 3.8) is 0 Å². The first kappa shape index (κ1) is 17.5. The van der Waals surface area contributed by atoms with Crippen LogP contribution in [0.1, 0.15) is 24.8 Å². The highest BCUT2D eigenvalue weighted by Gasteiger charge is 2.44. The standard InChI is InChI=1S/C18H27ClN4O/c19-16-4-2-15(3-5-16)18(6-7-18)14-22-17(20)21-8-1-9-23-10-12-24-13-11-23/h2-5H,1,6-14H2,(H3,20,21,22). The van der Waals surface area contributed by atoms with Crippen molar-refractivity contribution in [3.8, 4) is 0 Å². The van der Waals surface area contributed by atoms with Gasteiger partial charge in [-0.25, -0.2) is 0 Å². The van der Waals surface area contributed by atoms with Crippen LogP contribution in [0, 0.1) is 0 Å². The second kappa shape index (κ2) is 8.19. The Hall–Kier alpha value is -1.30. The Morgan fingerprint density at radius 2 is 1.96 bits per heavy atom.